The van der Waals surface area contributed by atoms with Crippen LogP contribution < -0.4 is 10.3 Å². The molecule has 1 amide bonds. The Balaban J connectivity index is 1.83. The van der Waals surface area contributed by atoms with Crippen LogP contribution in [0.4, 0.5) is 5.82 Å². The van der Waals surface area contributed by atoms with Gasteiger partial charge in [-0.05, 0) is 66.9 Å². The molecule has 0 bridgehead atoms. The number of amides is 1. The summed E-state index contributed by atoms with van der Waals surface area (Å²) in [5.41, 5.74) is 3.07. The Morgan fingerprint density at radius 2 is 1.73 bits per heavy atom. The Bertz CT molecular complexity index is 1360. The van der Waals surface area contributed by atoms with Crippen LogP contribution >= 0.6 is 0 Å². The molecule has 6 heteroatoms. The van der Waals surface area contributed by atoms with Gasteiger partial charge in [-0.3, -0.25) is 14.5 Å². The van der Waals surface area contributed by atoms with E-state index in [4.69, 9.17) is 4.42 Å². The first-order valence-electron chi connectivity index (χ1n) is 9.57. The van der Waals surface area contributed by atoms with E-state index in [9.17, 15) is 14.7 Å². The van der Waals surface area contributed by atoms with E-state index in [2.05, 4.69) is 4.98 Å². The minimum atomic E-state index is -0.703. The largest absolute Gasteiger partial charge is 0.508 e. The van der Waals surface area contributed by atoms with Crippen molar-refractivity contribution >= 4 is 22.7 Å². The first-order chi connectivity index (χ1) is 14.5. The second-order valence-corrected chi connectivity index (χ2v) is 7.46. The lowest BCUT2D eigenvalue weighted by atomic mass is 9.97. The maximum Gasteiger partial charge on any atom is 0.296 e. The average molecular weight is 398 g/mol. The number of nitrogens with zero attached hydrogens (tertiary/aromatic N) is 2. The van der Waals surface area contributed by atoms with E-state index in [1.807, 2.05) is 13.8 Å². The van der Waals surface area contributed by atoms with Gasteiger partial charge in [0.1, 0.15) is 17.2 Å². The molecule has 0 radical (unpaired) electrons. The van der Waals surface area contributed by atoms with Crippen molar-refractivity contribution in [3.05, 3.63) is 99.0 Å². The molecule has 2 aromatic carbocycles. The van der Waals surface area contributed by atoms with Crippen molar-refractivity contribution in [3.8, 4) is 5.75 Å². The van der Waals surface area contributed by atoms with E-state index in [-0.39, 0.29) is 22.5 Å². The number of carbonyl (C=O) groups excluding carboxylic acids is 1. The molecule has 0 spiro atoms. The molecule has 1 aliphatic rings. The van der Waals surface area contributed by atoms with Crippen molar-refractivity contribution in [3.63, 3.8) is 0 Å². The first kappa shape index (κ1) is 18.1. The summed E-state index contributed by atoms with van der Waals surface area (Å²) in [5.74, 6) is 0.130. The molecule has 0 unspecified atom stereocenters. The Morgan fingerprint density at radius 1 is 1.00 bits per heavy atom. The third-order valence-corrected chi connectivity index (χ3v) is 5.59. The van der Waals surface area contributed by atoms with E-state index >= 15 is 0 Å². The van der Waals surface area contributed by atoms with Gasteiger partial charge in [0.25, 0.3) is 5.91 Å². The highest BCUT2D eigenvalue weighted by atomic mass is 16.3. The lowest BCUT2D eigenvalue weighted by Gasteiger charge is -2.24. The fraction of sp³-hybridized carbons (Fsp3) is 0.125. The van der Waals surface area contributed by atoms with Crippen molar-refractivity contribution in [2.45, 2.75) is 19.9 Å². The van der Waals surface area contributed by atoms with Gasteiger partial charge in [0.15, 0.2) is 5.43 Å². The molecule has 0 saturated carbocycles. The Kier molecular flexibility index (Phi) is 3.96. The normalized spacial score (nSPS) is 15.6. The number of benzene rings is 2. The number of phenolic OH excluding ortho intramolecular Hbond substituents is 1. The second-order valence-electron chi connectivity index (χ2n) is 7.46. The number of pyridine rings is 1. The van der Waals surface area contributed by atoms with Gasteiger partial charge in [-0.25, -0.2) is 4.98 Å². The van der Waals surface area contributed by atoms with E-state index in [1.165, 1.54) is 17.0 Å². The smallest absolute Gasteiger partial charge is 0.296 e. The molecule has 148 valence electrons. The third-order valence-electron chi connectivity index (χ3n) is 5.59. The molecule has 1 aliphatic heterocycles. The van der Waals surface area contributed by atoms with Crippen molar-refractivity contribution in [1.29, 1.82) is 0 Å². The Hall–Kier alpha value is -3.93. The van der Waals surface area contributed by atoms with Crippen molar-refractivity contribution in [1.82, 2.24) is 4.98 Å². The lowest BCUT2D eigenvalue weighted by molar-refractivity contribution is 0.0970. The summed E-state index contributed by atoms with van der Waals surface area (Å²) in [5, 5.41) is 10.1. The topological polar surface area (TPSA) is 83.6 Å². The van der Waals surface area contributed by atoms with Crippen LogP contribution in [0.3, 0.4) is 0 Å². The predicted octanol–water partition coefficient (Wildman–Crippen LogP) is 4.26. The number of rotatable bonds is 2. The van der Waals surface area contributed by atoms with Crippen LogP contribution in [0.1, 0.15) is 38.9 Å². The molecular weight excluding hydrogens is 380 g/mol. The fourth-order valence-electron chi connectivity index (χ4n) is 3.93. The summed E-state index contributed by atoms with van der Waals surface area (Å²) in [6.45, 7) is 3.87. The summed E-state index contributed by atoms with van der Waals surface area (Å²) in [7, 11) is 0. The molecular formula is C24H18N2O4. The van der Waals surface area contributed by atoms with Gasteiger partial charge < -0.3 is 9.52 Å². The average Bonchev–Trinajstić information content (AvgIpc) is 3.04. The standard InChI is InChI=1S/C24H18N2O4/c1-13-11-17-18(12-14(13)2)30-23-20(22(17)28)21(15-6-8-16(27)9-7-15)26(24(23)29)19-5-3-4-10-25-19/h3-12,21,27H,1-2H3/t21-/m0/s1. The lowest BCUT2D eigenvalue weighted by Crippen LogP contribution is -2.30. The highest BCUT2D eigenvalue weighted by Crippen LogP contribution is 2.40. The maximum atomic E-state index is 13.5. The van der Waals surface area contributed by atoms with E-state index in [1.54, 1.807) is 48.7 Å². The molecule has 2 aromatic heterocycles. The predicted molar refractivity (Wildman–Crippen MR) is 113 cm³/mol. The zero-order valence-corrected chi connectivity index (χ0v) is 16.4. The summed E-state index contributed by atoms with van der Waals surface area (Å²) in [4.78, 5) is 32.7. The van der Waals surface area contributed by atoms with Crippen LogP contribution in [-0.2, 0) is 0 Å². The monoisotopic (exact) mass is 398 g/mol. The van der Waals surface area contributed by atoms with Gasteiger partial charge in [-0.2, -0.15) is 0 Å². The summed E-state index contributed by atoms with van der Waals surface area (Å²) in [6.07, 6.45) is 1.60. The van der Waals surface area contributed by atoms with Crippen LogP contribution in [0.15, 0.2) is 70.0 Å². The minimum Gasteiger partial charge on any atom is -0.508 e. The summed E-state index contributed by atoms with van der Waals surface area (Å²) >= 11 is 0. The summed E-state index contributed by atoms with van der Waals surface area (Å²) in [6, 6.07) is 14.6. The number of aryl methyl sites for hydroxylation is 2. The number of hydrogen-bond acceptors (Lipinski definition) is 5. The van der Waals surface area contributed by atoms with Crippen LogP contribution in [0.5, 0.6) is 5.75 Å². The molecule has 30 heavy (non-hydrogen) atoms. The number of aromatic hydroxyl groups is 1. The highest BCUT2D eigenvalue weighted by Gasteiger charge is 2.44. The van der Waals surface area contributed by atoms with Gasteiger partial charge in [0, 0.05) is 6.20 Å². The molecule has 4 aromatic rings. The Labute approximate surface area is 172 Å². The maximum absolute atomic E-state index is 13.5. The molecule has 3 heterocycles. The van der Waals surface area contributed by atoms with Crippen LogP contribution in [0.2, 0.25) is 0 Å². The second kappa shape index (κ2) is 6.56. The van der Waals surface area contributed by atoms with E-state index < -0.39 is 11.9 Å². The molecule has 0 saturated heterocycles. The Morgan fingerprint density at radius 3 is 2.43 bits per heavy atom. The first-order valence-corrected chi connectivity index (χ1v) is 9.57. The van der Waals surface area contributed by atoms with Crippen LogP contribution in [0.25, 0.3) is 11.0 Å². The zero-order chi connectivity index (χ0) is 21.0. The van der Waals surface area contributed by atoms with Gasteiger partial charge >= 0.3 is 0 Å². The van der Waals surface area contributed by atoms with Gasteiger partial charge in [-0.1, -0.05) is 18.2 Å². The SMILES string of the molecule is Cc1cc2oc3c(c(=O)c2cc1C)[C@H](c1ccc(O)cc1)N(c1ccccn1)C3=O. The van der Waals surface area contributed by atoms with E-state index in [0.717, 1.165) is 11.1 Å². The van der Waals surface area contributed by atoms with Gasteiger partial charge in [0.05, 0.1) is 17.0 Å². The quantitative estimate of drug-likeness (QED) is 0.545. The molecule has 0 aliphatic carbocycles. The number of fused-ring (bicyclic) bond motifs is 2. The number of aromatic nitrogens is 1. The van der Waals surface area contributed by atoms with Crippen LogP contribution in [-0.4, -0.2) is 16.0 Å². The van der Waals surface area contributed by atoms with Gasteiger partial charge in [0.2, 0.25) is 5.76 Å². The van der Waals surface area contributed by atoms with Crippen molar-refractivity contribution in [2.75, 3.05) is 4.90 Å². The minimum absolute atomic E-state index is 0.0273. The zero-order valence-electron chi connectivity index (χ0n) is 16.4. The number of hydrogen-bond donors (Lipinski definition) is 1. The van der Waals surface area contributed by atoms with E-state index in [0.29, 0.717) is 22.4 Å². The van der Waals surface area contributed by atoms with Crippen LogP contribution in [0, 0.1) is 13.8 Å². The molecule has 1 N–H and O–H groups in total. The summed E-state index contributed by atoms with van der Waals surface area (Å²) < 4.78 is 5.99. The van der Waals surface area contributed by atoms with Crippen molar-refractivity contribution < 1.29 is 14.3 Å². The van der Waals surface area contributed by atoms with Gasteiger partial charge in [-0.15, -0.1) is 0 Å². The molecule has 6 nitrogen and oxygen atoms in total. The molecule has 1 atom stereocenters. The highest BCUT2D eigenvalue weighted by molar-refractivity contribution is 6.10. The molecule has 0 fully saturated rings. The fourth-order valence-corrected chi connectivity index (χ4v) is 3.93. The number of anilines is 1. The number of carbonyl (C=O) groups is 1. The molecule has 5 rings (SSSR count). The number of phenols is 1. The van der Waals surface area contributed by atoms with Crippen molar-refractivity contribution in [2.24, 2.45) is 0 Å². The third kappa shape index (κ3) is 2.61.